The predicted molar refractivity (Wildman–Crippen MR) is 191 cm³/mol. The fourth-order valence-electron chi connectivity index (χ4n) is 3.34. The lowest BCUT2D eigenvalue weighted by molar-refractivity contribution is -0.194. The average Bonchev–Trinajstić information content (AvgIpc) is 3.56. The summed E-state index contributed by atoms with van der Waals surface area (Å²) in [6.07, 6.45) is 9.11. The van der Waals surface area contributed by atoms with Crippen molar-refractivity contribution in [1.29, 1.82) is 0 Å². The Kier molecular flexibility index (Phi) is 19.2. The summed E-state index contributed by atoms with van der Waals surface area (Å²) in [4.78, 5) is 62.9. The van der Waals surface area contributed by atoms with Crippen LogP contribution in [0.25, 0.3) is 0 Å². The summed E-state index contributed by atoms with van der Waals surface area (Å²) in [5, 5.41) is 36.3. The van der Waals surface area contributed by atoms with Gasteiger partial charge in [0.25, 0.3) is 23.6 Å². The van der Waals surface area contributed by atoms with Crippen LogP contribution in [0.3, 0.4) is 0 Å². The molecule has 4 amide bonds. The number of phenols is 1. The number of nitrogens with one attached hydrogen (secondary N) is 1. The molecule has 264 valence electrons. The highest BCUT2D eigenvalue weighted by Crippen LogP contribution is 2.25. The van der Waals surface area contributed by atoms with Gasteiger partial charge in [-0.25, -0.2) is 15.3 Å². The Morgan fingerprint density at radius 2 is 1.52 bits per heavy atom. The van der Waals surface area contributed by atoms with Gasteiger partial charge in [-0.1, -0.05) is 70.0 Å². The summed E-state index contributed by atoms with van der Waals surface area (Å²) in [5.74, 6) is -2.82. The van der Waals surface area contributed by atoms with Crippen molar-refractivity contribution in [3.63, 3.8) is 0 Å². The van der Waals surface area contributed by atoms with Crippen molar-refractivity contribution in [3.8, 4) is 5.75 Å². The second-order valence-electron chi connectivity index (χ2n) is 9.78. The number of amides is 4. The Balaban J connectivity index is 0.000000314. The number of hydrogen-bond donors (Lipinski definition) is 5. The lowest BCUT2D eigenvalue weighted by Gasteiger charge is -2.09. The van der Waals surface area contributed by atoms with Crippen LogP contribution in [-0.2, 0) is 24.0 Å². The molecule has 5 N–H and O–H groups in total. The van der Waals surface area contributed by atoms with Crippen LogP contribution in [0, 0.1) is 13.8 Å². The van der Waals surface area contributed by atoms with E-state index < -0.39 is 30.8 Å². The first kappa shape index (κ1) is 42.8. The van der Waals surface area contributed by atoms with Gasteiger partial charge in [-0.2, -0.15) is 0 Å². The summed E-state index contributed by atoms with van der Waals surface area (Å²) in [6, 6.07) is 17.6. The van der Waals surface area contributed by atoms with E-state index in [4.69, 9.17) is 20.4 Å². The number of aryl methyl sites for hydroxylation is 2. The Morgan fingerprint density at radius 1 is 0.900 bits per heavy atom. The van der Waals surface area contributed by atoms with Crippen LogP contribution in [0.2, 0.25) is 0 Å². The monoisotopic (exact) mass is 724 g/mol. The lowest BCUT2D eigenvalue weighted by Crippen LogP contribution is -2.31. The van der Waals surface area contributed by atoms with Gasteiger partial charge in [-0.3, -0.25) is 24.4 Å². The van der Waals surface area contributed by atoms with E-state index >= 15 is 0 Å². The summed E-state index contributed by atoms with van der Waals surface area (Å²) in [5.41, 5.74) is 4.69. The van der Waals surface area contributed by atoms with E-state index in [0.717, 1.165) is 40.9 Å². The van der Waals surface area contributed by atoms with Crippen LogP contribution in [0.15, 0.2) is 108 Å². The van der Waals surface area contributed by atoms with Gasteiger partial charge in [0.1, 0.15) is 10.8 Å². The van der Waals surface area contributed by atoms with Crippen LogP contribution in [0.4, 0.5) is 0 Å². The van der Waals surface area contributed by atoms with Gasteiger partial charge >= 0.3 is 13.1 Å². The number of aromatic nitrogens is 1. The fraction of sp³-hybridized carbons (Fsp3) is 0.152. The fourth-order valence-corrected chi connectivity index (χ4v) is 4.56. The second kappa shape index (κ2) is 22.4. The molecule has 3 heterocycles. The van der Waals surface area contributed by atoms with Gasteiger partial charge in [0.15, 0.2) is 0 Å². The minimum atomic E-state index is -1.35. The van der Waals surface area contributed by atoms with E-state index in [2.05, 4.69) is 16.4 Å². The van der Waals surface area contributed by atoms with Crippen LogP contribution >= 0.6 is 21.6 Å². The summed E-state index contributed by atoms with van der Waals surface area (Å²) in [7, 11) is 3.74. The molecule has 0 radical (unpaired) electrons. The quantitative estimate of drug-likeness (QED) is 0.0845. The van der Waals surface area contributed by atoms with Crippen molar-refractivity contribution in [2.24, 2.45) is 0 Å². The van der Waals surface area contributed by atoms with E-state index in [1.54, 1.807) is 72.1 Å². The molecule has 1 aromatic heterocycles. The summed E-state index contributed by atoms with van der Waals surface area (Å²) in [6.45, 7) is 8.41. The molecule has 14 nitrogen and oxygen atoms in total. The number of aromatic hydroxyl groups is 1. The van der Waals surface area contributed by atoms with Crippen LogP contribution in [0.5, 0.6) is 5.75 Å². The Bertz CT molecular complexity index is 1670. The number of phenolic OH excluding ortho intramolecular Hbond substituents is 1. The minimum Gasteiger partial charge on any atom is -0.507 e. The maximum Gasteiger partial charge on any atom is 0.488 e. The van der Waals surface area contributed by atoms with Crippen molar-refractivity contribution in [1.82, 2.24) is 20.4 Å². The van der Waals surface area contributed by atoms with E-state index in [0.29, 0.717) is 10.5 Å². The van der Waals surface area contributed by atoms with Gasteiger partial charge in [-0.15, -0.1) is 0 Å². The number of imide groups is 1. The van der Waals surface area contributed by atoms with E-state index in [-0.39, 0.29) is 17.2 Å². The Labute approximate surface area is 297 Å². The van der Waals surface area contributed by atoms with Crippen molar-refractivity contribution >= 4 is 63.8 Å². The van der Waals surface area contributed by atoms with Crippen molar-refractivity contribution < 1.29 is 49.2 Å². The Hall–Kier alpha value is -5.20. The second-order valence-corrected chi connectivity index (χ2v) is 12.2. The van der Waals surface area contributed by atoms with Gasteiger partial charge in [0.2, 0.25) is 0 Å². The highest BCUT2D eigenvalue weighted by atomic mass is 33.1. The topological polar surface area (TPSA) is 207 Å². The summed E-state index contributed by atoms with van der Waals surface area (Å²) >= 11 is 0. The van der Waals surface area contributed by atoms with Gasteiger partial charge in [0.05, 0.1) is 5.56 Å². The molecule has 50 heavy (non-hydrogen) atoms. The molecular weight excluding hydrogens is 687 g/mol. The van der Waals surface area contributed by atoms with E-state index in [9.17, 15) is 24.0 Å². The number of carbonyl (C=O) groups excluding carboxylic acids is 5. The zero-order valence-electron chi connectivity index (χ0n) is 27.8. The molecule has 0 unspecified atom stereocenters. The predicted octanol–water partition coefficient (Wildman–Crippen LogP) is 2.86. The molecular formula is C33H37BN4O10S2. The molecule has 5 rings (SSSR count). The first-order valence-corrected chi connectivity index (χ1v) is 16.8. The molecule has 17 heteroatoms. The molecule has 0 fully saturated rings. The van der Waals surface area contributed by atoms with Crippen LogP contribution < -0.4 is 10.9 Å². The Morgan fingerprint density at radius 3 is 1.94 bits per heavy atom. The molecule has 0 saturated carbocycles. The van der Waals surface area contributed by atoms with Crippen LogP contribution in [-0.4, -0.2) is 85.3 Å². The first-order chi connectivity index (χ1) is 23.6. The summed E-state index contributed by atoms with van der Waals surface area (Å²) < 4.78 is 0. The molecule has 0 saturated heterocycles. The normalized spacial score (nSPS) is 12.3. The molecule has 0 spiro atoms. The van der Waals surface area contributed by atoms with Gasteiger partial charge in [0, 0.05) is 44.1 Å². The maximum absolute atomic E-state index is 10.9. The first-order valence-electron chi connectivity index (χ1n) is 14.3. The third-order valence-electron chi connectivity index (χ3n) is 5.81. The highest BCUT2D eigenvalue weighted by Gasteiger charge is 2.26. The zero-order chi connectivity index (χ0) is 37.8. The van der Waals surface area contributed by atoms with Gasteiger partial charge in [-0.05, 0) is 66.7 Å². The number of allylic oxidation sites excluding steroid dienone is 1. The number of nitrogens with zero attached hydrogens (tertiary/aromatic N) is 3. The number of rotatable bonds is 5. The smallest absolute Gasteiger partial charge is 0.488 e. The molecule has 2 aliphatic heterocycles. The van der Waals surface area contributed by atoms with Crippen molar-refractivity contribution in [3.05, 3.63) is 120 Å². The molecule has 0 aliphatic carbocycles. The molecule has 2 aromatic carbocycles. The molecule has 0 atom stereocenters. The number of carbonyl (C=O) groups is 5. The zero-order valence-corrected chi connectivity index (χ0v) is 29.5. The standard InChI is InChI=1S/C8H9NO3.C7H9BO2.C6H5NO4.C6H7NO.C6H7NS2/c1-5-2-3-7(10)6(4-5)8(11)9-12;1-6-3-2-4-7(5-6)8(9)10;1-4(8)11-7-5(9)2-3-6(7)10;1-5-3-4-6(8)7(5)2;1-8-9-6-4-2-3-5-7-6/h2-4,10,12H,1H3,(H,9,11);2-5,9-10H,1H3;2-3H,1H3;3-4H,1H2,2H3;2-5H,1H3. The number of hydroxylamine groups is 3. The maximum atomic E-state index is 10.9. The number of pyridine rings is 1. The number of benzene rings is 2. The van der Waals surface area contributed by atoms with Gasteiger partial charge < -0.3 is 24.9 Å². The van der Waals surface area contributed by atoms with E-state index in [1.165, 1.54) is 28.6 Å². The van der Waals surface area contributed by atoms with Crippen LogP contribution in [0.1, 0.15) is 28.4 Å². The molecule has 2 aliphatic rings. The molecule has 3 aromatic rings. The minimum absolute atomic E-state index is 0.00926. The van der Waals surface area contributed by atoms with Crippen molar-refractivity contribution in [2.45, 2.75) is 25.8 Å². The number of hydrogen-bond acceptors (Lipinski definition) is 13. The largest absolute Gasteiger partial charge is 0.507 e. The average molecular weight is 725 g/mol. The SMILES string of the molecule is C=C1C=CC(=O)N1C.CC(=O)ON1C(=O)C=CC1=O.CSSc1ccccn1.Cc1ccc(O)c(C(=O)NO)c1.Cc1cccc(B(O)O)c1. The van der Waals surface area contributed by atoms with E-state index in [1.807, 2.05) is 37.4 Å². The van der Waals surface area contributed by atoms with Crippen molar-refractivity contribution in [2.75, 3.05) is 13.3 Å². The third-order valence-corrected chi connectivity index (χ3v) is 7.40. The number of likely N-dealkylation sites (N-methyl/N-ethyl adjacent to an activating group) is 1. The molecule has 0 bridgehead atoms. The third kappa shape index (κ3) is 15.8. The highest BCUT2D eigenvalue weighted by molar-refractivity contribution is 8.76. The lowest BCUT2D eigenvalue weighted by atomic mass is 9.80.